The summed E-state index contributed by atoms with van der Waals surface area (Å²) in [5.41, 5.74) is 2.39. The molecule has 1 aromatic rings. The van der Waals surface area contributed by atoms with Gasteiger partial charge in [0.2, 0.25) is 0 Å². The van der Waals surface area contributed by atoms with Crippen molar-refractivity contribution in [3.63, 3.8) is 0 Å². The number of rotatable bonds is 4. The summed E-state index contributed by atoms with van der Waals surface area (Å²) in [6, 6.07) is 7.11. The van der Waals surface area contributed by atoms with E-state index in [1.165, 1.54) is 18.4 Å². The van der Waals surface area contributed by atoms with Crippen LogP contribution in [0.5, 0.6) is 0 Å². The molecule has 2 bridgehead atoms. The molecule has 0 aliphatic carbocycles. The van der Waals surface area contributed by atoms with Gasteiger partial charge < -0.3 is 10.2 Å². The van der Waals surface area contributed by atoms with E-state index in [4.69, 9.17) is 28.0 Å². The van der Waals surface area contributed by atoms with Crippen LogP contribution in [0, 0.1) is 5.92 Å². The van der Waals surface area contributed by atoms with Crippen molar-refractivity contribution in [1.29, 1.82) is 0 Å². The first-order valence-electron chi connectivity index (χ1n) is 7.95. The Morgan fingerprint density at radius 2 is 2.14 bits per heavy atom. The second kappa shape index (κ2) is 6.77. The van der Waals surface area contributed by atoms with E-state index in [9.17, 15) is 0 Å². The molecule has 2 saturated heterocycles. The van der Waals surface area contributed by atoms with E-state index in [2.05, 4.69) is 23.5 Å². The average Bonchev–Trinajstić information content (AvgIpc) is 2.90. The lowest BCUT2D eigenvalue weighted by atomic mass is 9.74. The molecule has 0 amide bonds. The van der Waals surface area contributed by atoms with Crippen molar-refractivity contribution in [2.45, 2.75) is 50.6 Å². The molecule has 120 valence electrons. The average molecular weight is 341 g/mol. The molecule has 1 N–H and O–H groups in total. The summed E-state index contributed by atoms with van der Waals surface area (Å²) < 4.78 is 0. The lowest BCUT2D eigenvalue weighted by Crippen LogP contribution is -2.47. The highest BCUT2D eigenvalue weighted by Crippen LogP contribution is 2.44. The van der Waals surface area contributed by atoms with Crippen LogP contribution < -0.4 is 5.32 Å². The van der Waals surface area contributed by atoms with Gasteiger partial charge in [0, 0.05) is 18.0 Å². The molecule has 0 aromatic heterocycles. The second-order valence-electron chi connectivity index (χ2n) is 6.21. The first kappa shape index (κ1) is 16.1. The van der Waals surface area contributed by atoms with Gasteiger partial charge in [-0.2, -0.15) is 0 Å². The minimum atomic E-state index is 0.362. The Morgan fingerprint density at radius 3 is 2.82 bits per heavy atom. The third-order valence-corrected chi connectivity index (χ3v) is 5.75. The first-order valence-corrected chi connectivity index (χ1v) is 8.70. The number of hydrogen-bond acceptors (Lipinski definition) is 3. The summed E-state index contributed by atoms with van der Waals surface area (Å²) in [6.45, 7) is 2.14. The minimum absolute atomic E-state index is 0.362. The number of fused-ring (bicyclic) bond motifs is 2. The summed E-state index contributed by atoms with van der Waals surface area (Å²) >= 11 is 12.3. The summed E-state index contributed by atoms with van der Waals surface area (Å²) in [4.78, 5) is 5.09. The van der Waals surface area contributed by atoms with Gasteiger partial charge in [-0.3, -0.25) is 0 Å². The van der Waals surface area contributed by atoms with Crippen molar-refractivity contribution in [3.8, 4) is 0 Å². The van der Waals surface area contributed by atoms with E-state index in [0.717, 1.165) is 18.6 Å². The third-order valence-electron chi connectivity index (χ3n) is 5.01. The SMILES string of the molecule is CCC(=NOC)[C@H]1[C@@H](c2ccc(Cl)c(Cl)c2)CC2CC[C@H]1N2. The quantitative estimate of drug-likeness (QED) is 0.640. The number of nitrogens with zero attached hydrogens (tertiary/aromatic N) is 1. The van der Waals surface area contributed by atoms with Crippen LogP contribution >= 0.6 is 23.2 Å². The molecule has 4 atom stereocenters. The van der Waals surface area contributed by atoms with Gasteiger partial charge in [0.1, 0.15) is 7.11 Å². The predicted octanol–water partition coefficient (Wildman–Crippen LogP) is 4.63. The van der Waals surface area contributed by atoms with Gasteiger partial charge in [-0.15, -0.1) is 0 Å². The lowest BCUT2D eigenvalue weighted by molar-refractivity contribution is 0.204. The molecular weight excluding hydrogens is 319 g/mol. The van der Waals surface area contributed by atoms with Crippen LogP contribution in [0.3, 0.4) is 0 Å². The van der Waals surface area contributed by atoms with Crippen molar-refractivity contribution in [2.24, 2.45) is 11.1 Å². The Bertz CT molecular complexity index is 576. The molecule has 2 aliphatic heterocycles. The lowest BCUT2D eigenvalue weighted by Gasteiger charge is -2.38. The van der Waals surface area contributed by atoms with E-state index >= 15 is 0 Å². The Balaban J connectivity index is 1.98. The summed E-state index contributed by atoms with van der Waals surface area (Å²) in [6.07, 6.45) is 4.46. The molecule has 22 heavy (non-hydrogen) atoms. The Morgan fingerprint density at radius 1 is 1.32 bits per heavy atom. The van der Waals surface area contributed by atoms with Gasteiger partial charge in [0.25, 0.3) is 0 Å². The van der Waals surface area contributed by atoms with Crippen LogP contribution in [-0.4, -0.2) is 24.9 Å². The summed E-state index contributed by atoms with van der Waals surface area (Å²) in [5, 5.41) is 9.30. The molecule has 0 saturated carbocycles. The zero-order valence-corrected chi connectivity index (χ0v) is 14.5. The van der Waals surface area contributed by atoms with E-state index in [0.29, 0.717) is 34.0 Å². The van der Waals surface area contributed by atoms with Gasteiger partial charge in [0.15, 0.2) is 0 Å². The van der Waals surface area contributed by atoms with Gasteiger partial charge in [-0.25, -0.2) is 0 Å². The van der Waals surface area contributed by atoms with E-state index in [-0.39, 0.29) is 0 Å². The maximum atomic E-state index is 6.24. The van der Waals surface area contributed by atoms with Gasteiger partial charge >= 0.3 is 0 Å². The Labute approximate surface area is 142 Å². The zero-order chi connectivity index (χ0) is 15.7. The van der Waals surface area contributed by atoms with Crippen LogP contribution in [0.4, 0.5) is 0 Å². The number of benzene rings is 1. The molecule has 1 unspecified atom stereocenters. The standard InChI is InChI=1S/C17H22Cl2N2O/c1-3-15(21-22-2)17-12(9-11-5-7-16(17)20-11)10-4-6-13(18)14(19)8-10/h4,6,8,11-12,16-17,20H,3,5,7,9H2,1-2H3/t11?,12-,16-,17-/m1/s1. The second-order valence-corrected chi connectivity index (χ2v) is 7.02. The topological polar surface area (TPSA) is 33.6 Å². The van der Waals surface area contributed by atoms with E-state index in [1.807, 2.05) is 12.1 Å². The highest BCUT2D eigenvalue weighted by atomic mass is 35.5. The van der Waals surface area contributed by atoms with Gasteiger partial charge in [0.05, 0.1) is 15.8 Å². The Kier molecular flexibility index (Phi) is 4.96. The van der Waals surface area contributed by atoms with E-state index in [1.54, 1.807) is 7.11 Å². The van der Waals surface area contributed by atoms with Crippen LogP contribution in [0.15, 0.2) is 23.4 Å². The third kappa shape index (κ3) is 2.99. The molecular formula is C17H22Cl2N2O. The molecule has 1 aromatic carbocycles. The number of halogens is 2. The molecule has 0 radical (unpaired) electrons. The monoisotopic (exact) mass is 340 g/mol. The van der Waals surface area contributed by atoms with Crippen LogP contribution in [0.25, 0.3) is 0 Å². The molecule has 0 spiro atoms. The van der Waals surface area contributed by atoms with Crippen molar-refractivity contribution in [1.82, 2.24) is 5.32 Å². The highest BCUT2D eigenvalue weighted by molar-refractivity contribution is 6.42. The summed E-state index contributed by atoms with van der Waals surface area (Å²) in [7, 11) is 1.62. The molecule has 5 heteroatoms. The molecule has 2 aliphatic rings. The highest BCUT2D eigenvalue weighted by Gasteiger charge is 2.44. The predicted molar refractivity (Wildman–Crippen MR) is 92.0 cm³/mol. The Hall–Kier alpha value is -0.770. The van der Waals surface area contributed by atoms with Gasteiger partial charge in [-0.05, 0) is 49.3 Å². The van der Waals surface area contributed by atoms with Crippen LogP contribution in [-0.2, 0) is 4.84 Å². The van der Waals surface area contributed by atoms with Crippen molar-refractivity contribution >= 4 is 28.9 Å². The molecule has 3 rings (SSSR count). The normalized spacial score (nSPS) is 31.4. The molecule has 2 heterocycles. The number of piperidine rings is 1. The number of nitrogens with one attached hydrogen (secondary N) is 1. The minimum Gasteiger partial charge on any atom is -0.399 e. The fourth-order valence-electron chi connectivity index (χ4n) is 4.08. The number of hydrogen-bond donors (Lipinski definition) is 1. The van der Waals surface area contributed by atoms with Gasteiger partial charge in [-0.1, -0.05) is 41.3 Å². The van der Waals surface area contributed by atoms with Crippen molar-refractivity contribution < 1.29 is 4.84 Å². The van der Waals surface area contributed by atoms with E-state index < -0.39 is 0 Å². The molecule has 3 nitrogen and oxygen atoms in total. The maximum Gasteiger partial charge on any atom is 0.106 e. The largest absolute Gasteiger partial charge is 0.399 e. The van der Waals surface area contributed by atoms with Crippen LogP contribution in [0.1, 0.15) is 44.1 Å². The number of oxime groups is 1. The zero-order valence-electron chi connectivity index (χ0n) is 13.0. The fourth-order valence-corrected chi connectivity index (χ4v) is 4.39. The van der Waals surface area contributed by atoms with Crippen molar-refractivity contribution in [2.75, 3.05) is 7.11 Å². The van der Waals surface area contributed by atoms with Crippen molar-refractivity contribution in [3.05, 3.63) is 33.8 Å². The maximum absolute atomic E-state index is 6.24. The van der Waals surface area contributed by atoms with Crippen LogP contribution in [0.2, 0.25) is 10.0 Å². The smallest absolute Gasteiger partial charge is 0.106 e. The first-order chi connectivity index (χ1) is 10.6. The summed E-state index contributed by atoms with van der Waals surface area (Å²) in [5.74, 6) is 0.781. The fraction of sp³-hybridized carbons (Fsp3) is 0.588. The molecule has 2 fully saturated rings.